The summed E-state index contributed by atoms with van der Waals surface area (Å²) in [5, 5.41) is 16.7. The lowest BCUT2D eigenvalue weighted by Crippen LogP contribution is -2.01. The van der Waals surface area contributed by atoms with E-state index in [1.165, 1.54) is 5.39 Å². The molecule has 18 aromatic carbocycles. The average molecular weight is 1560 g/mol. The van der Waals surface area contributed by atoms with Gasteiger partial charge in [-0.25, -0.2) is 29.9 Å². The van der Waals surface area contributed by atoms with Gasteiger partial charge in [0.1, 0.15) is 33.5 Å². The number of nitrogens with zero attached hydrogens (tertiary/aromatic N) is 8. The van der Waals surface area contributed by atoms with Crippen molar-refractivity contribution in [2.45, 2.75) is 0 Å². The predicted octanol–water partition coefficient (Wildman–Crippen LogP) is 29.2. The van der Waals surface area contributed by atoms with Crippen molar-refractivity contribution in [2.75, 3.05) is 0 Å². The summed E-state index contributed by atoms with van der Waals surface area (Å²) >= 11 is 0. The van der Waals surface area contributed by atoms with Crippen LogP contribution >= 0.6 is 0 Å². The first-order valence-corrected chi connectivity index (χ1v) is 40.9. The van der Waals surface area contributed by atoms with Gasteiger partial charge in [-0.15, -0.1) is 0 Å². The maximum absolute atomic E-state index is 7.23. The van der Waals surface area contributed by atoms with Gasteiger partial charge in [0.05, 0.1) is 39.0 Å². The number of rotatable bonds is 11. The van der Waals surface area contributed by atoms with E-state index >= 15 is 0 Å². The molecular formula is C110H62N8O4. The van der Waals surface area contributed by atoms with E-state index in [2.05, 4.69) is 325 Å². The highest BCUT2D eigenvalue weighted by Gasteiger charge is 2.29. The van der Waals surface area contributed by atoms with Crippen LogP contribution in [-0.2, 0) is 0 Å². The monoisotopic (exact) mass is 1560 g/mol. The Morgan fingerprint density at radius 1 is 0.172 bits per heavy atom. The van der Waals surface area contributed by atoms with Crippen LogP contribution in [0.1, 0.15) is 0 Å². The quantitative estimate of drug-likeness (QED) is 0.123. The van der Waals surface area contributed by atoms with Gasteiger partial charge >= 0.3 is 0 Å². The summed E-state index contributed by atoms with van der Waals surface area (Å²) in [7, 11) is 0. The van der Waals surface area contributed by atoms with Crippen LogP contribution < -0.4 is 0 Å². The smallest absolute Gasteiger partial charge is 0.167 e. The molecule has 0 unspecified atom stereocenters. The molecule has 0 N–H and O–H groups in total. The molecule has 12 nitrogen and oxygen atoms in total. The normalized spacial score (nSPS) is 12.1. The highest BCUT2D eigenvalue weighted by molar-refractivity contribution is 6.21. The SMILES string of the molecule is c1ccc(-c2ccc(-c3nc(-c4ccc5c(c4)oc4ccccc45)nc(-c4ccc(-n5c6ccc(-c7ccc8oc9c(-c%10nc(-c%11cccc(-c%12ccccc%12)c%11)nc(-c%11ccc(-n%12c%13ccccc%13c%13cc%14ccccc%14cc%13%12)c%12oc%13ccccc%13c%11%12)n%10)cccc9c8c7)cc6c6cc7ccccc7cc65)c5oc6ccccc6c45)n3)cc2)cc1. The van der Waals surface area contributed by atoms with Gasteiger partial charge in [-0.1, -0.05) is 255 Å². The van der Waals surface area contributed by atoms with Crippen molar-refractivity contribution in [3.8, 4) is 113 Å². The number of fused-ring (bicyclic) bond motifs is 20. The van der Waals surface area contributed by atoms with E-state index in [-0.39, 0.29) is 0 Å². The third-order valence-corrected chi connectivity index (χ3v) is 24.6. The van der Waals surface area contributed by atoms with Crippen LogP contribution in [0.15, 0.2) is 394 Å². The maximum atomic E-state index is 7.23. The fourth-order valence-corrected chi connectivity index (χ4v) is 18.8. The van der Waals surface area contributed by atoms with Crippen LogP contribution in [-0.4, -0.2) is 39.0 Å². The second kappa shape index (κ2) is 26.4. The molecule has 0 saturated carbocycles. The Labute approximate surface area is 694 Å². The van der Waals surface area contributed by atoms with Crippen LogP contribution in [0, 0.1) is 0 Å². The van der Waals surface area contributed by atoms with Gasteiger partial charge in [-0.3, -0.25) is 0 Å². The summed E-state index contributed by atoms with van der Waals surface area (Å²) in [6.45, 7) is 0. The van der Waals surface area contributed by atoms with Crippen molar-refractivity contribution >= 4 is 153 Å². The first-order chi connectivity index (χ1) is 60.4. The Kier molecular flexibility index (Phi) is 14.6. The number of aromatic nitrogens is 8. The number of benzene rings is 18. The minimum atomic E-state index is 0.465. The van der Waals surface area contributed by atoms with E-state index in [1.54, 1.807) is 0 Å². The molecule has 0 atom stereocenters. The van der Waals surface area contributed by atoms with Gasteiger partial charge in [0.15, 0.2) is 46.1 Å². The third kappa shape index (κ3) is 10.5. The number of para-hydroxylation sites is 5. The molecule has 0 saturated heterocycles. The summed E-state index contributed by atoms with van der Waals surface area (Å²) in [4.78, 5) is 32.7. The molecule has 8 aromatic heterocycles. The van der Waals surface area contributed by atoms with Crippen LogP contribution in [0.25, 0.3) is 266 Å². The molecule has 566 valence electrons. The first kappa shape index (κ1) is 67.5. The lowest BCUT2D eigenvalue weighted by Gasteiger charge is -2.13. The molecule has 122 heavy (non-hydrogen) atoms. The van der Waals surface area contributed by atoms with E-state index in [9.17, 15) is 0 Å². The Morgan fingerprint density at radius 3 is 1.20 bits per heavy atom. The van der Waals surface area contributed by atoms with E-state index in [4.69, 9.17) is 47.6 Å². The summed E-state index contributed by atoms with van der Waals surface area (Å²) in [5.41, 5.74) is 23.1. The Balaban J connectivity index is 0.621. The zero-order valence-corrected chi connectivity index (χ0v) is 65.0. The van der Waals surface area contributed by atoms with Gasteiger partial charge in [-0.05, 0) is 176 Å². The molecule has 26 rings (SSSR count). The van der Waals surface area contributed by atoms with E-state index in [0.29, 0.717) is 46.1 Å². The number of hydrogen-bond donors (Lipinski definition) is 0. The van der Waals surface area contributed by atoms with Gasteiger partial charge in [0, 0.05) is 92.5 Å². The molecule has 0 radical (unpaired) electrons. The summed E-state index contributed by atoms with van der Waals surface area (Å²) < 4.78 is 32.7. The molecule has 0 bridgehead atoms. The first-order valence-electron chi connectivity index (χ1n) is 40.9. The highest BCUT2D eigenvalue weighted by atomic mass is 16.3. The molecule has 0 fully saturated rings. The van der Waals surface area contributed by atoms with Crippen molar-refractivity contribution in [1.82, 2.24) is 39.0 Å². The standard InChI is InChI=1S/C110H62N8O4/c1-3-21-63(22-4-1)65-41-43-66(44-42-65)105-111-107(75-45-48-78-77-32-12-16-38-95(77)119-99(78)62-75)114-108(112-105)82-49-53-92(104-100(82)80-33-13-17-39-96(80)122-104)118-90-51-46-72(58-86(90)87-57-69-26-8-10-28-71(69)61-94(87)118)73-47-54-98-88(59-73)79-35-20-36-84(102(79)120-98)110-115-106(74-30-19-29-67(55-74)64-23-5-2-6-24-64)113-109(116-110)83-50-52-91(103-101(83)81-34-14-18-40-97(81)121-103)117-89-37-15-11-31-76(89)85-56-68-25-7-9-27-70(68)60-93(85)117/h1-62H. The third-order valence-electron chi connectivity index (χ3n) is 24.6. The van der Waals surface area contributed by atoms with Crippen molar-refractivity contribution in [3.63, 3.8) is 0 Å². The number of furan rings is 4. The van der Waals surface area contributed by atoms with Gasteiger partial charge in [-0.2, -0.15) is 0 Å². The fraction of sp³-hybridized carbons (Fsp3) is 0. The van der Waals surface area contributed by atoms with Gasteiger partial charge < -0.3 is 26.8 Å². The van der Waals surface area contributed by atoms with Crippen molar-refractivity contribution < 1.29 is 17.7 Å². The summed E-state index contributed by atoms with van der Waals surface area (Å²) in [6.07, 6.45) is 0. The van der Waals surface area contributed by atoms with Crippen LogP contribution in [0.5, 0.6) is 0 Å². The molecule has 0 spiro atoms. The topological polar surface area (TPSA) is 140 Å². The predicted molar refractivity (Wildman–Crippen MR) is 495 cm³/mol. The Bertz CT molecular complexity index is 8920. The van der Waals surface area contributed by atoms with Gasteiger partial charge in [0.25, 0.3) is 0 Å². The van der Waals surface area contributed by atoms with Crippen LogP contribution in [0.2, 0.25) is 0 Å². The lowest BCUT2D eigenvalue weighted by atomic mass is 9.99. The fourth-order valence-electron chi connectivity index (χ4n) is 18.8. The zero-order chi connectivity index (χ0) is 79.8. The minimum absolute atomic E-state index is 0.465. The molecule has 26 aromatic rings. The van der Waals surface area contributed by atoms with E-state index in [1.807, 2.05) is 60.7 Å². The average Bonchev–Trinajstić information content (AvgIpc) is 1.56. The molecule has 0 aliphatic rings. The Hall–Kier alpha value is -16.7. The minimum Gasteiger partial charge on any atom is -0.456 e. The van der Waals surface area contributed by atoms with Crippen LogP contribution in [0.3, 0.4) is 0 Å². The highest BCUT2D eigenvalue weighted by Crippen LogP contribution is 2.49. The summed E-state index contributed by atoms with van der Waals surface area (Å²) in [6, 6.07) is 132. The molecule has 8 heterocycles. The van der Waals surface area contributed by atoms with Crippen molar-refractivity contribution in [1.29, 1.82) is 0 Å². The molecule has 12 heteroatoms. The van der Waals surface area contributed by atoms with E-state index in [0.717, 1.165) is 214 Å². The summed E-state index contributed by atoms with van der Waals surface area (Å²) in [5.74, 6) is 3.02. The molecule has 0 aliphatic carbocycles. The second-order valence-corrected chi connectivity index (χ2v) is 31.5. The van der Waals surface area contributed by atoms with Crippen LogP contribution in [0.4, 0.5) is 0 Å². The second-order valence-electron chi connectivity index (χ2n) is 31.5. The van der Waals surface area contributed by atoms with Crippen molar-refractivity contribution in [3.05, 3.63) is 376 Å². The molecule has 0 aliphatic heterocycles. The Morgan fingerprint density at radius 2 is 0.557 bits per heavy atom. The van der Waals surface area contributed by atoms with Crippen molar-refractivity contribution in [2.24, 2.45) is 0 Å². The molecule has 0 amide bonds. The lowest BCUT2D eigenvalue weighted by molar-refractivity contribution is 0.666. The molecular weight excluding hydrogens is 1500 g/mol. The van der Waals surface area contributed by atoms with E-state index < -0.39 is 0 Å². The zero-order valence-electron chi connectivity index (χ0n) is 65.0. The largest absolute Gasteiger partial charge is 0.456 e. The maximum Gasteiger partial charge on any atom is 0.167 e. The number of hydrogen-bond acceptors (Lipinski definition) is 10. The van der Waals surface area contributed by atoms with Gasteiger partial charge in [0.2, 0.25) is 0 Å².